The molecule has 13 heavy (non-hydrogen) atoms. The van der Waals surface area contributed by atoms with E-state index in [4.69, 9.17) is 0 Å². The second-order valence-corrected chi connectivity index (χ2v) is 4.62. The summed E-state index contributed by atoms with van der Waals surface area (Å²) in [6, 6.07) is 0. The average molecular weight is 377 g/mol. The van der Waals surface area contributed by atoms with Crippen molar-refractivity contribution in [2.75, 3.05) is 0 Å². The molecule has 0 N–H and O–H groups in total. The normalized spacial score (nSPS) is 11.1. The summed E-state index contributed by atoms with van der Waals surface area (Å²) in [5.74, 6) is -1.79. The molecule has 0 spiro atoms. The number of fused-ring (bicyclic) bond motifs is 1. The average Bonchev–Trinajstić information content (AvgIpc) is 2.59. The summed E-state index contributed by atoms with van der Waals surface area (Å²) in [4.78, 5) is 0. The highest BCUT2D eigenvalue weighted by molar-refractivity contribution is 14.1. The van der Waals surface area contributed by atoms with Gasteiger partial charge in [-0.3, -0.25) is 0 Å². The second kappa shape index (κ2) is 3.35. The van der Waals surface area contributed by atoms with E-state index in [1.807, 2.05) is 0 Å². The first kappa shape index (κ1) is 9.66. The molecule has 0 bridgehead atoms. The van der Waals surface area contributed by atoms with Crippen molar-refractivity contribution in [3.63, 3.8) is 0 Å². The topological polar surface area (TPSA) is 25.8 Å². The zero-order chi connectivity index (χ0) is 9.59. The Labute approximate surface area is 97.9 Å². The molecule has 1 aromatic carbocycles. The van der Waals surface area contributed by atoms with E-state index in [0.29, 0.717) is 11.0 Å². The number of aromatic nitrogens is 2. The molecule has 0 fully saturated rings. The van der Waals surface area contributed by atoms with Gasteiger partial charge in [0, 0.05) is 0 Å². The van der Waals surface area contributed by atoms with Crippen LogP contribution in [-0.2, 0) is 0 Å². The minimum absolute atomic E-state index is 0.0363. The van der Waals surface area contributed by atoms with Gasteiger partial charge in [-0.15, -0.1) is 0 Å². The van der Waals surface area contributed by atoms with E-state index in [0.717, 1.165) is 11.7 Å². The van der Waals surface area contributed by atoms with Crippen LogP contribution >= 0.6 is 50.2 Å². The number of nitrogens with zero attached hydrogens (tertiary/aromatic N) is 2. The molecule has 68 valence electrons. The first-order chi connectivity index (χ1) is 6.13. The predicted molar refractivity (Wildman–Crippen MR) is 57.7 cm³/mol. The summed E-state index contributed by atoms with van der Waals surface area (Å²) in [5.41, 5.74) is 0.768. The van der Waals surface area contributed by atoms with Crippen molar-refractivity contribution in [3.05, 3.63) is 19.7 Å². The highest BCUT2D eigenvalue weighted by Gasteiger charge is 2.19. The SMILES string of the molecule is Fc1c(F)c(I)c2nsnc2c1Br. The van der Waals surface area contributed by atoms with Crippen LogP contribution in [0.25, 0.3) is 11.0 Å². The molecule has 0 amide bonds. The molecule has 0 atom stereocenters. The van der Waals surface area contributed by atoms with Crippen LogP contribution in [0.3, 0.4) is 0 Å². The highest BCUT2D eigenvalue weighted by Crippen LogP contribution is 2.31. The molecule has 0 aliphatic carbocycles. The lowest BCUT2D eigenvalue weighted by Crippen LogP contribution is -1.92. The van der Waals surface area contributed by atoms with Crippen molar-refractivity contribution in [2.24, 2.45) is 0 Å². The van der Waals surface area contributed by atoms with Gasteiger partial charge in [0.2, 0.25) is 0 Å². The van der Waals surface area contributed by atoms with E-state index in [-0.39, 0.29) is 8.04 Å². The summed E-state index contributed by atoms with van der Waals surface area (Å²) >= 11 is 5.57. The summed E-state index contributed by atoms with van der Waals surface area (Å²) in [6.45, 7) is 0. The Balaban J connectivity index is 3.02. The summed E-state index contributed by atoms with van der Waals surface area (Å²) in [7, 11) is 0. The van der Waals surface area contributed by atoms with Gasteiger partial charge in [-0.2, -0.15) is 8.75 Å². The van der Waals surface area contributed by atoms with Crippen LogP contribution in [0.5, 0.6) is 0 Å². The lowest BCUT2D eigenvalue weighted by atomic mass is 10.3. The highest BCUT2D eigenvalue weighted by atomic mass is 127. The maximum absolute atomic E-state index is 13.1. The molecule has 2 aromatic rings. The molecule has 1 aromatic heterocycles. The van der Waals surface area contributed by atoms with Crippen molar-refractivity contribution in [1.29, 1.82) is 0 Å². The summed E-state index contributed by atoms with van der Waals surface area (Å²) in [6.07, 6.45) is 0. The number of halogens is 4. The van der Waals surface area contributed by atoms with Gasteiger partial charge in [-0.05, 0) is 38.5 Å². The van der Waals surface area contributed by atoms with Gasteiger partial charge >= 0.3 is 0 Å². The van der Waals surface area contributed by atoms with E-state index >= 15 is 0 Å². The van der Waals surface area contributed by atoms with Gasteiger partial charge in [-0.25, -0.2) is 8.78 Å². The molecular formula is C6BrF2IN2S. The van der Waals surface area contributed by atoms with E-state index < -0.39 is 11.6 Å². The maximum atomic E-state index is 13.1. The van der Waals surface area contributed by atoms with Crippen molar-refractivity contribution < 1.29 is 8.78 Å². The fourth-order valence-electron chi connectivity index (χ4n) is 0.877. The van der Waals surface area contributed by atoms with Gasteiger partial charge in [0.25, 0.3) is 0 Å². The Bertz CT molecular complexity index is 445. The van der Waals surface area contributed by atoms with Crippen LogP contribution in [-0.4, -0.2) is 8.75 Å². The molecule has 2 nitrogen and oxygen atoms in total. The van der Waals surface area contributed by atoms with Gasteiger partial charge in [-0.1, -0.05) is 0 Å². The number of hydrogen-bond donors (Lipinski definition) is 0. The number of benzene rings is 1. The molecule has 0 radical (unpaired) electrons. The lowest BCUT2D eigenvalue weighted by molar-refractivity contribution is 0.502. The predicted octanol–water partition coefficient (Wildman–Crippen LogP) is 3.34. The molecule has 2 rings (SSSR count). The third kappa shape index (κ3) is 1.37. The van der Waals surface area contributed by atoms with Crippen molar-refractivity contribution in [2.45, 2.75) is 0 Å². The standard InChI is InChI=1S/C6BrF2IN2S/c7-1-2(8)3(9)4(10)6-5(1)11-13-12-6. The Kier molecular flexibility index (Phi) is 2.49. The third-order valence-corrected chi connectivity index (χ3v) is 3.72. The molecule has 0 aliphatic rings. The number of rotatable bonds is 0. The van der Waals surface area contributed by atoms with Gasteiger partial charge in [0.15, 0.2) is 11.6 Å². The molecular weight excluding hydrogens is 377 g/mol. The summed E-state index contributed by atoms with van der Waals surface area (Å²) in [5, 5.41) is 0. The first-order valence-electron chi connectivity index (χ1n) is 3.07. The van der Waals surface area contributed by atoms with Crippen LogP contribution in [0, 0.1) is 15.2 Å². The van der Waals surface area contributed by atoms with E-state index in [9.17, 15) is 8.78 Å². The van der Waals surface area contributed by atoms with Crippen LogP contribution in [0.1, 0.15) is 0 Å². The molecule has 0 saturated heterocycles. The van der Waals surface area contributed by atoms with Crippen LogP contribution < -0.4 is 0 Å². The molecule has 0 aliphatic heterocycles. The van der Waals surface area contributed by atoms with Crippen LogP contribution in [0.4, 0.5) is 8.78 Å². The first-order valence-corrected chi connectivity index (χ1v) is 5.67. The monoisotopic (exact) mass is 376 g/mol. The Hall–Kier alpha value is 0.110. The van der Waals surface area contributed by atoms with Gasteiger partial charge < -0.3 is 0 Å². The van der Waals surface area contributed by atoms with Crippen molar-refractivity contribution in [3.8, 4) is 0 Å². The van der Waals surface area contributed by atoms with Crippen LogP contribution in [0.2, 0.25) is 0 Å². The fraction of sp³-hybridized carbons (Fsp3) is 0. The number of hydrogen-bond acceptors (Lipinski definition) is 3. The Morgan fingerprint density at radius 3 is 2.46 bits per heavy atom. The zero-order valence-corrected chi connectivity index (χ0v) is 10.4. The smallest absolute Gasteiger partial charge is 0.176 e. The van der Waals surface area contributed by atoms with Crippen molar-refractivity contribution >= 4 is 61.3 Å². The van der Waals surface area contributed by atoms with E-state index in [1.165, 1.54) is 0 Å². The molecule has 0 saturated carbocycles. The lowest BCUT2D eigenvalue weighted by Gasteiger charge is -1.99. The zero-order valence-electron chi connectivity index (χ0n) is 5.81. The van der Waals surface area contributed by atoms with Crippen molar-refractivity contribution in [1.82, 2.24) is 8.75 Å². The largest absolute Gasteiger partial charge is 0.202 e. The maximum Gasteiger partial charge on any atom is 0.176 e. The Morgan fingerprint density at radius 2 is 1.77 bits per heavy atom. The van der Waals surface area contributed by atoms with Gasteiger partial charge in [0.05, 0.1) is 19.8 Å². The third-order valence-electron chi connectivity index (χ3n) is 1.48. The molecule has 1 heterocycles. The van der Waals surface area contributed by atoms with E-state index in [2.05, 4.69) is 24.7 Å². The minimum atomic E-state index is -0.912. The minimum Gasteiger partial charge on any atom is -0.202 e. The quantitative estimate of drug-likeness (QED) is 0.400. The Morgan fingerprint density at radius 1 is 1.15 bits per heavy atom. The van der Waals surface area contributed by atoms with Crippen LogP contribution in [0.15, 0.2) is 4.47 Å². The van der Waals surface area contributed by atoms with Gasteiger partial charge in [0.1, 0.15) is 11.0 Å². The fourth-order valence-corrected chi connectivity index (χ4v) is 2.78. The van der Waals surface area contributed by atoms with E-state index in [1.54, 1.807) is 22.6 Å². The summed E-state index contributed by atoms with van der Waals surface area (Å²) < 4.78 is 34.2. The second-order valence-electron chi connectivity index (χ2n) is 2.22. The molecule has 7 heteroatoms. The molecule has 0 unspecified atom stereocenters.